The lowest BCUT2D eigenvalue weighted by molar-refractivity contribution is 0.00578. The van der Waals surface area contributed by atoms with Gasteiger partial charge in [0.2, 0.25) is 0 Å². The smallest absolute Gasteiger partial charge is 0.492 e. The first-order chi connectivity index (χ1) is 10.2. The molecule has 0 spiro atoms. The molecule has 1 fully saturated rings. The summed E-state index contributed by atoms with van der Waals surface area (Å²) >= 11 is 0. The number of hydrogen-bond donors (Lipinski definition) is 1. The molecule has 0 aromatic heterocycles. The Morgan fingerprint density at radius 2 is 1.86 bits per heavy atom. The predicted octanol–water partition coefficient (Wildman–Crippen LogP) is 2.84. The Bertz CT molecular complexity index is 568. The van der Waals surface area contributed by atoms with E-state index in [1.165, 1.54) is 19.2 Å². The van der Waals surface area contributed by atoms with Gasteiger partial charge in [-0.2, -0.15) is 0 Å². The van der Waals surface area contributed by atoms with Crippen molar-refractivity contribution in [2.75, 3.05) is 13.7 Å². The molecule has 0 unspecified atom stereocenters. The fourth-order valence-electron chi connectivity index (χ4n) is 2.19. The second-order valence-electron chi connectivity index (χ2n) is 6.35. The molecule has 0 bridgehead atoms. The highest BCUT2D eigenvalue weighted by atomic mass is 19.1. The highest BCUT2D eigenvalue weighted by Gasteiger charge is 2.52. The van der Waals surface area contributed by atoms with Crippen LogP contribution in [0.5, 0.6) is 5.75 Å². The Kier molecular flexibility index (Phi) is 4.66. The van der Waals surface area contributed by atoms with Crippen LogP contribution in [0.25, 0.3) is 6.08 Å². The molecule has 0 aliphatic carbocycles. The Balaban J connectivity index is 2.34. The van der Waals surface area contributed by atoms with Crippen molar-refractivity contribution >= 4 is 13.2 Å². The van der Waals surface area contributed by atoms with Crippen LogP contribution in [-0.2, 0) is 9.31 Å². The molecule has 4 nitrogen and oxygen atoms in total. The van der Waals surface area contributed by atoms with Crippen molar-refractivity contribution in [2.24, 2.45) is 0 Å². The molecule has 0 amide bonds. The molecule has 22 heavy (non-hydrogen) atoms. The van der Waals surface area contributed by atoms with Crippen LogP contribution < -0.4 is 4.74 Å². The van der Waals surface area contributed by atoms with Gasteiger partial charge in [0.1, 0.15) is 11.6 Å². The van der Waals surface area contributed by atoms with Crippen molar-refractivity contribution < 1.29 is 23.5 Å². The van der Waals surface area contributed by atoms with Crippen LogP contribution in [-0.4, -0.2) is 37.1 Å². The van der Waals surface area contributed by atoms with Crippen molar-refractivity contribution in [2.45, 2.75) is 38.9 Å². The average Bonchev–Trinajstić information content (AvgIpc) is 2.65. The monoisotopic (exact) mass is 308 g/mol. The number of halogens is 1. The van der Waals surface area contributed by atoms with Crippen LogP contribution in [0.4, 0.5) is 4.39 Å². The fourth-order valence-corrected chi connectivity index (χ4v) is 2.19. The van der Waals surface area contributed by atoms with E-state index < -0.39 is 18.3 Å². The van der Waals surface area contributed by atoms with E-state index in [-0.39, 0.29) is 12.4 Å². The summed E-state index contributed by atoms with van der Waals surface area (Å²) < 4.78 is 30.3. The van der Waals surface area contributed by atoms with E-state index >= 15 is 0 Å². The summed E-state index contributed by atoms with van der Waals surface area (Å²) in [5, 5.41) is 9.66. The zero-order valence-corrected chi connectivity index (χ0v) is 13.6. The first-order valence-corrected chi connectivity index (χ1v) is 7.20. The third kappa shape index (κ3) is 3.19. The van der Waals surface area contributed by atoms with Crippen LogP contribution in [0.2, 0.25) is 0 Å². The Labute approximate surface area is 131 Å². The van der Waals surface area contributed by atoms with Crippen molar-refractivity contribution in [3.05, 3.63) is 35.1 Å². The Hall–Kier alpha value is -1.37. The largest absolute Gasteiger partial charge is 0.496 e. The zero-order chi connectivity index (χ0) is 16.5. The van der Waals surface area contributed by atoms with Gasteiger partial charge >= 0.3 is 7.12 Å². The molecule has 1 aromatic carbocycles. The number of hydrogen-bond acceptors (Lipinski definition) is 4. The molecule has 1 heterocycles. The van der Waals surface area contributed by atoms with Gasteiger partial charge in [0, 0.05) is 11.6 Å². The maximum Gasteiger partial charge on any atom is 0.492 e. The third-order valence-electron chi connectivity index (χ3n) is 4.27. The Morgan fingerprint density at radius 3 is 2.36 bits per heavy atom. The number of benzene rings is 1. The molecule has 1 aliphatic heterocycles. The van der Waals surface area contributed by atoms with Crippen LogP contribution in [0.15, 0.2) is 23.7 Å². The first-order valence-electron chi connectivity index (χ1n) is 7.20. The summed E-state index contributed by atoms with van der Waals surface area (Å²) in [5.41, 5.74) is 0.240. The zero-order valence-electron chi connectivity index (χ0n) is 13.6. The lowest BCUT2D eigenvalue weighted by atomic mass is 9.77. The minimum absolute atomic E-state index is 0.225. The molecule has 0 radical (unpaired) electrons. The average molecular weight is 308 g/mol. The number of ether oxygens (including phenoxy) is 1. The lowest BCUT2D eigenvalue weighted by Crippen LogP contribution is -2.41. The molecule has 1 N–H and O–H groups in total. The van der Waals surface area contributed by atoms with E-state index in [1.807, 2.05) is 27.7 Å². The summed E-state index contributed by atoms with van der Waals surface area (Å²) in [4.78, 5) is 0. The highest BCUT2D eigenvalue weighted by molar-refractivity contribution is 6.55. The molecule has 6 heteroatoms. The van der Waals surface area contributed by atoms with E-state index in [0.29, 0.717) is 16.8 Å². The van der Waals surface area contributed by atoms with Crippen LogP contribution >= 0.6 is 0 Å². The van der Waals surface area contributed by atoms with Crippen LogP contribution in [0.3, 0.4) is 0 Å². The molecular formula is C16H22BFO4. The summed E-state index contributed by atoms with van der Waals surface area (Å²) in [6.07, 6.45) is 1.71. The molecule has 1 aliphatic rings. The lowest BCUT2D eigenvalue weighted by Gasteiger charge is -2.32. The predicted molar refractivity (Wildman–Crippen MR) is 84.1 cm³/mol. The Morgan fingerprint density at radius 1 is 1.27 bits per heavy atom. The quantitative estimate of drug-likeness (QED) is 0.869. The van der Waals surface area contributed by atoms with Crippen LogP contribution in [0, 0.1) is 5.82 Å². The number of rotatable bonds is 4. The van der Waals surface area contributed by atoms with E-state index in [0.717, 1.165) is 0 Å². The number of aliphatic hydroxyl groups is 1. The SMILES string of the molecule is COc1cc(F)ccc1C=C(CO)B1OC(C)(C)C(C)(C)O1. The van der Waals surface area contributed by atoms with Crippen molar-refractivity contribution in [1.82, 2.24) is 0 Å². The van der Waals surface area contributed by atoms with Gasteiger partial charge in [-0.1, -0.05) is 6.08 Å². The second kappa shape index (κ2) is 6.03. The second-order valence-corrected chi connectivity index (χ2v) is 6.35. The van der Waals surface area contributed by atoms with Gasteiger partial charge in [-0.25, -0.2) is 4.39 Å². The number of aliphatic hydroxyl groups excluding tert-OH is 1. The third-order valence-corrected chi connectivity index (χ3v) is 4.27. The number of methoxy groups -OCH3 is 1. The normalized spacial score (nSPS) is 20.3. The summed E-state index contributed by atoms with van der Waals surface area (Å²) in [5.74, 6) is 0.0117. The standard InChI is InChI=1S/C16H22BFO4/c1-15(2)16(3,4)22-17(21-15)12(10-19)8-11-6-7-13(18)9-14(11)20-5/h6-9,19H,10H2,1-5H3. The van der Waals surface area contributed by atoms with Gasteiger partial charge in [0.05, 0.1) is 24.9 Å². The summed E-state index contributed by atoms with van der Waals surface area (Å²) in [6, 6.07) is 4.23. The molecule has 1 aromatic rings. The van der Waals surface area contributed by atoms with Crippen LogP contribution in [0.1, 0.15) is 33.3 Å². The first kappa shape index (κ1) is 17.0. The topological polar surface area (TPSA) is 47.9 Å². The summed E-state index contributed by atoms with van der Waals surface area (Å²) in [7, 11) is 0.823. The maximum absolute atomic E-state index is 13.3. The van der Waals surface area contributed by atoms with E-state index in [4.69, 9.17) is 14.0 Å². The van der Waals surface area contributed by atoms with E-state index in [1.54, 1.807) is 12.1 Å². The van der Waals surface area contributed by atoms with Gasteiger partial charge in [0.15, 0.2) is 0 Å². The van der Waals surface area contributed by atoms with E-state index in [2.05, 4.69) is 0 Å². The fraction of sp³-hybridized carbons (Fsp3) is 0.500. The molecule has 0 atom stereocenters. The summed E-state index contributed by atoms with van der Waals surface area (Å²) in [6.45, 7) is 7.55. The van der Waals surface area contributed by atoms with Gasteiger partial charge < -0.3 is 19.2 Å². The van der Waals surface area contributed by atoms with Gasteiger partial charge in [-0.15, -0.1) is 0 Å². The highest BCUT2D eigenvalue weighted by Crippen LogP contribution is 2.39. The van der Waals surface area contributed by atoms with Crippen molar-refractivity contribution in [3.8, 4) is 5.75 Å². The van der Waals surface area contributed by atoms with Gasteiger partial charge in [-0.3, -0.25) is 0 Å². The van der Waals surface area contributed by atoms with Crippen molar-refractivity contribution in [1.29, 1.82) is 0 Å². The minimum atomic E-state index is -0.648. The van der Waals surface area contributed by atoms with Gasteiger partial charge in [-0.05, 0) is 45.3 Å². The maximum atomic E-state index is 13.3. The van der Waals surface area contributed by atoms with Gasteiger partial charge in [0.25, 0.3) is 0 Å². The molecular weight excluding hydrogens is 286 g/mol. The molecule has 1 saturated heterocycles. The molecule has 120 valence electrons. The molecule has 2 rings (SSSR count). The minimum Gasteiger partial charge on any atom is -0.496 e. The molecule has 0 saturated carbocycles. The van der Waals surface area contributed by atoms with Crippen molar-refractivity contribution in [3.63, 3.8) is 0 Å². The van der Waals surface area contributed by atoms with E-state index in [9.17, 15) is 9.50 Å².